The fourth-order valence-electron chi connectivity index (χ4n) is 2.46. The molecule has 0 aromatic heterocycles. The molecule has 3 nitrogen and oxygen atoms in total. The van der Waals surface area contributed by atoms with E-state index < -0.39 is 0 Å². The second kappa shape index (κ2) is 6.84. The van der Waals surface area contributed by atoms with Crippen LogP contribution in [0.3, 0.4) is 0 Å². The Balaban J connectivity index is 2.07. The molecule has 4 heteroatoms. The Hall–Kier alpha value is -2.00. The van der Waals surface area contributed by atoms with Crippen molar-refractivity contribution in [1.29, 1.82) is 0 Å². The zero-order chi connectivity index (χ0) is 16.3. The Morgan fingerprint density at radius 1 is 1.05 bits per heavy atom. The maximum absolute atomic E-state index is 12.1. The predicted molar refractivity (Wildman–Crippen MR) is 92.7 cm³/mol. The van der Waals surface area contributed by atoms with Gasteiger partial charge in [0.25, 0.3) is 0 Å². The van der Waals surface area contributed by atoms with Crippen molar-refractivity contribution in [2.24, 2.45) is 0 Å². The highest BCUT2D eigenvalue weighted by molar-refractivity contribution is 6.30. The van der Waals surface area contributed by atoms with Crippen LogP contribution in [0.1, 0.15) is 35.2 Å². The maximum atomic E-state index is 12.1. The molecule has 0 bridgehead atoms. The van der Waals surface area contributed by atoms with Crippen LogP contribution in [0.15, 0.2) is 36.4 Å². The number of urea groups is 1. The Bertz CT molecular complexity index is 697. The van der Waals surface area contributed by atoms with Crippen LogP contribution >= 0.6 is 11.6 Å². The predicted octanol–water partition coefficient (Wildman–Crippen LogP) is 5.15. The Morgan fingerprint density at radius 2 is 1.73 bits per heavy atom. The molecular formula is C18H21ClN2O. The standard InChI is InChI=1S/C18H21ClN2O/c1-11-8-13(3)17(9-12(11)2)14(4)20-18(22)21-16-7-5-6-15(19)10-16/h5-10,14H,1-4H3,(H2,20,21,22)/t14-/m1/s1. The molecule has 2 aromatic rings. The van der Waals surface area contributed by atoms with Gasteiger partial charge in [-0.05, 0) is 68.1 Å². The van der Waals surface area contributed by atoms with Gasteiger partial charge < -0.3 is 10.6 Å². The normalized spacial score (nSPS) is 11.9. The summed E-state index contributed by atoms with van der Waals surface area (Å²) in [5.41, 5.74) is 5.47. The summed E-state index contributed by atoms with van der Waals surface area (Å²) in [6.07, 6.45) is 0. The highest BCUT2D eigenvalue weighted by atomic mass is 35.5. The molecule has 0 aliphatic rings. The second-order valence-electron chi connectivity index (χ2n) is 5.62. The second-order valence-corrected chi connectivity index (χ2v) is 6.06. The van der Waals surface area contributed by atoms with Crippen LogP contribution in [-0.4, -0.2) is 6.03 Å². The average Bonchev–Trinajstić information content (AvgIpc) is 2.42. The summed E-state index contributed by atoms with van der Waals surface area (Å²) in [5, 5.41) is 6.35. The molecule has 22 heavy (non-hydrogen) atoms. The van der Waals surface area contributed by atoms with Gasteiger partial charge >= 0.3 is 6.03 Å². The van der Waals surface area contributed by atoms with Crippen LogP contribution < -0.4 is 10.6 Å². The van der Waals surface area contributed by atoms with Crippen LogP contribution in [0.25, 0.3) is 0 Å². The topological polar surface area (TPSA) is 41.1 Å². The quantitative estimate of drug-likeness (QED) is 0.808. The van der Waals surface area contributed by atoms with Crippen LogP contribution in [0.4, 0.5) is 10.5 Å². The van der Waals surface area contributed by atoms with Gasteiger partial charge in [-0.3, -0.25) is 0 Å². The van der Waals surface area contributed by atoms with Gasteiger partial charge in [-0.15, -0.1) is 0 Å². The minimum absolute atomic E-state index is 0.0708. The van der Waals surface area contributed by atoms with Crippen molar-refractivity contribution in [1.82, 2.24) is 5.32 Å². The molecule has 0 fully saturated rings. The monoisotopic (exact) mass is 316 g/mol. The van der Waals surface area contributed by atoms with E-state index in [1.807, 2.05) is 6.92 Å². The number of rotatable bonds is 3. The molecule has 116 valence electrons. The first-order valence-corrected chi connectivity index (χ1v) is 7.65. The number of halogens is 1. The van der Waals surface area contributed by atoms with E-state index in [-0.39, 0.29) is 12.1 Å². The first kappa shape index (κ1) is 16.4. The van der Waals surface area contributed by atoms with Crippen molar-refractivity contribution in [3.63, 3.8) is 0 Å². The van der Waals surface area contributed by atoms with E-state index in [1.54, 1.807) is 24.3 Å². The molecule has 0 aliphatic carbocycles. The van der Waals surface area contributed by atoms with Crippen molar-refractivity contribution >= 4 is 23.3 Å². The highest BCUT2D eigenvalue weighted by Crippen LogP contribution is 2.22. The van der Waals surface area contributed by atoms with Gasteiger partial charge in [0.05, 0.1) is 6.04 Å². The largest absolute Gasteiger partial charge is 0.331 e. The Labute approximate surface area is 136 Å². The van der Waals surface area contributed by atoms with Crippen LogP contribution in [0.5, 0.6) is 0 Å². The molecule has 0 aliphatic heterocycles. The zero-order valence-electron chi connectivity index (χ0n) is 13.3. The van der Waals surface area contributed by atoms with Gasteiger partial charge in [-0.1, -0.05) is 29.8 Å². The number of benzene rings is 2. The summed E-state index contributed by atoms with van der Waals surface area (Å²) >= 11 is 5.91. The first-order chi connectivity index (χ1) is 10.4. The van der Waals surface area contributed by atoms with Crippen molar-refractivity contribution < 1.29 is 4.79 Å². The molecule has 2 aromatic carbocycles. The third kappa shape index (κ3) is 4.01. The third-order valence-electron chi connectivity index (χ3n) is 3.78. The van der Waals surface area contributed by atoms with Crippen molar-refractivity contribution in [3.05, 3.63) is 63.7 Å². The van der Waals surface area contributed by atoms with E-state index in [0.29, 0.717) is 10.7 Å². The molecule has 0 saturated heterocycles. The van der Waals surface area contributed by atoms with Gasteiger partial charge in [0, 0.05) is 10.7 Å². The number of aryl methyl sites for hydroxylation is 3. The summed E-state index contributed by atoms with van der Waals surface area (Å²) in [6, 6.07) is 11.1. The van der Waals surface area contributed by atoms with E-state index >= 15 is 0 Å². The molecule has 1 atom stereocenters. The molecule has 0 saturated carbocycles. The van der Waals surface area contributed by atoms with E-state index in [2.05, 4.69) is 43.5 Å². The third-order valence-corrected chi connectivity index (χ3v) is 4.01. The number of amides is 2. The molecule has 0 radical (unpaired) electrons. The summed E-state index contributed by atoms with van der Waals surface area (Å²) in [7, 11) is 0. The van der Waals surface area contributed by atoms with Crippen LogP contribution in [0, 0.1) is 20.8 Å². The molecule has 0 spiro atoms. The van der Waals surface area contributed by atoms with Gasteiger partial charge in [0.15, 0.2) is 0 Å². The highest BCUT2D eigenvalue weighted by Gasteiger charge is 2.13. The van der Waals surface area contributed by atoms with E-state index in [1.165, 1.54) is 16.7 Å². The van der Waals surface area contributed by atoms with Crippen LogP contribution in [0.2, 0.25) is 5.02 Å². The molecular weight excluding hydrogens is 296 g/mol. The van der Waals surface area contributed by atoms with Gasteiger partial charge in [0.2, 0.25) is 0 Å². The van der Waals surface area contributed by atoms with Gasteiger partial charge in [-0.25, -0.2) is 4.79 Å². The van der Waals surface area contributed by atoms with Gasteiger partial charge in [0.1, 0.15) is 0 Å². The molecule has 2 rings (SSSR count). The van der Waals surface area contributed by atoms with Crippen molar-refractivity contribution in [2.45, 2.75) is 33.7 Å². The molecule has 0 heterocycles. The number of hydrogen-bond acceptors (Lipinski definition) is 1. The zero-order valence-corrected chi connectivity index (χ0v) is 14.1. The number of hydrogen-bond donors (Lipinski definition) is 2. The fourth-order valence-corrected chi connectivity index (χ4v) is 2.65. The summed E-state index contributed by atoms with van der Waals surface area (Å²) in [6.45, 7) is 8.22. The lowest BCUT2D eigenvalue weighted by Crippen LogP contribution is -2.31. The lowest BCUT2D eigenvalue weighted by molar-refractivity contribution is 0.249. The lowest BCUT2D eigenvalue weighted by atomic mass is 9.97. The maximum Gasteiger partial charge on any atom is 0.319 e. The van der Waals surface area contributed by atoms with Gasteiger partial charge in [-0.2, -0.15) is 0 Å². The van der Waals surface area contributed by atoms with E-state index in [0.717, 1.165) is 5.56 Å². The smallest absolute Gasteiger partial charge is 0.319 e. The van der Waals surface area contributed by atoms with E-state index in [9.17, 15) is 4.79 Å². The SMILES string of the molecule is Cc1cc(C)c([C@@H](C)NC(=O)Nc2cccc(Cl)c2)cc1C. The number of carbonyl (C=O) groups is 1. The minimum atomic E-state index is -0.243. The average molecular weight is 317 g/mol. The first-order valence-electron chi connectivity index (χ1n) is 7.27. The minimum Gasteiger partial charge on any atom is -0.331 e. The number of nitrogens with one attached hydrogen (secondary N) is 2. The van der Waals surface area contributed by atoms with Crippen molar-refractivity contribution in [3.8, 4) is 0 Å². The number of carbonyl (C=O) groups excluding carboxylic acids is 1. The molecule has 2 amide bonds. The summed E-state index contributed by atoms with van der Waals surface area (Å²) in [5.74, 6) is 0. The Kier molecular flexibility index (Phi) is 5.09. The molecule has 0 unspecified atom stereocenters. The fraction of sp³-hybridized carbons (Fsp3) is 0.278. The van der Waals surface area contributed by atoms with E-state index in [4.69, 9.17) is 11.6 Å². The number of anilines is 1. The van der Waals surface area contributed by atoms with Crippen LogP contribution in [-0.2, 0) is 0 Å². The summed E-state index contributed by atoms with van der Waals surface area (Å²) in [4.78, 5) is 12.1. The Morgan fingerprint density at radius 3 is 2.41 bits per heavy atom. The molecule has 2 N–H and O–H groups in total. The lowest BCUT2D eigenvalue weighted by Gasteiger charge is -2.19. The van der Waals surface area contributed by atoms with Crippen molar-refractivity contribution in [2.75, 3.05) is 5.32 Å². The summed E-state index contributed by atoms with van der Waals surface area (Å²) < 4.78 is 0.